The van der Waals surface area contributed by atoms with Crippen molar-refractivity contribution < 1.29 is 19.4 Å². The summed E-state index contributed by atoms with van der Waals surface area (Å²) < 4.78 is 6.87. The maximum absolute atomic E-state index is 13.1. The Morgan fingerprint density at radius 3 is 2.62 bits per heavy atom. The number of hydrogen-bond acceptors (Lipinski definition) is 4. The lowest BCUT2D eigenvalue weighted by Gasteiger charge is -2.13. The van der Waals surface area contributed by atoms with Gasteiger partial charge < -0.3 is 9.84 Å². The number of hydrogen-bond donors (Lipinski definition) is 1. The summed E-state index contributed by atoms with van der Waals surface area (Å²) in [5.74, 6) is -0.764. The van der Waals surface area contributed by atoms with Crippen LogP contribution in [0.15, 0.2) is 87.9 Å². The average molecular weight is 491 g/mol. The lowest BCUT2D eigenvalue weighted by molar-refractivity contribution is -0.114. The number of carbonyl (C=O) groups excluding carboxylic acids is 1. The van der Waals surface area contributed by atoms with Gasteiger partial charge in [-0.05, 0) is 55.0 Å². The van der Waals surface area contributed by atoms with Crippen LogP contribution in [0.2, 0.25) is 0 Å². The summed E-state index contributed by atoms with van der Waals surface area (Å²) in [6.45, 7) is 2.14. The summed E-state index contributed by atoms with van der Waals surface area (Å²) in [6, 6.07) is 21.6. The highest BCUT2D eigenvalue weighted by Gasteiger charge is 2.29. The average Bonchev–Trinajstić information content (AvgIpc) is 3.07. The molecule has 3 aromatic carbocycles. The van der Waals surface area contributed by atoms with Crippen LogP contribution in [0.4, 0.5) is 5.69 Å². The molecule has 0 atom stereocenters. The zero-order valence-electron chi connectivity index (χ0n) is 17.2. The van der Waals surface area contributed by atoms with Crippen molar-refractivity contribution in [2.45, 2.75) is 13.5 Å². The van der Waals surface area contributed by atoms with Gasteiger partial charge in [-0.25, -0.2) is 4.79 Å². The molecule has 0 aliphatic carbocycles. The molecule has 1 amide bonds. The molecule has 0 aromatic heterocycles. The summed E-state index contributed by atoms with van der Waals surface area (Å²) in [7, 11) is 0. The van der Waals surface area contributed by atoms with E-state index in [0.29, 0.717) is 29.3 Å². The molecule has 0 spiro atoms. The molecule has 0 unspecified atom stereocenters. The topological polar surface area (TPSA) is 79.2 Å². The summed E-state index contributed by atoms with van der Waals surface area (Å²) in [5.41, 5.74) is 3.19. The molecule has 1 heterocycles. The highest BCUT2D eigenvalue weighted by Crippen LogP contribution is 2.30. The standard InChI is InChI=1S/C25H19BrN2O4/c1-16-22(24(29)28(27-16)21-9-5-8-18(13-21)25(30)31)14-19-12-20(26)10-11-23(19)32-15-17-6-3-2-4-7-17/h2-14H,15H2,1H3,(H,30,31)/b22-14-. The lowest BCUT2D eigenvalue weighted by atomic mass is 10.1. The van der Waals surface area contributed by atoms with Gasteiger partial charge in [0, 0.05) is 10.0 Å². The van der Waals surface area contributed by atoms with Crippen molar-refractivity contribution in [2.24, 2.45) is 5.10 Å². The third-order valence-electron chi connectivity index (χ3n) is 4.91. The quantitative estimate of drug-likeness (QED) is 0.460. The number of halogens is 1. The van der Waals surface area contributed by atoms with Crippen LogP contribution in [0.25, 0.3) is 6.08 Å². The maximum Gasteiger partial charge on any atom is 0.335 e. The SMILES string of the molecule is CC1=NN(c2cccc(C(=O)O)c2)C(=O)/C1=C\c1cc(Br)ccc1OCc1ccccc1. The molecule has 7 heteroatoms. The Morgan fingerprint density at radius 1 is 1.09 bits per heavy atom. The van der Waals surface area contributed by atoms with E-state index in [1.165, 1.54) is 17.1 Å². The molecule has 32 heavy (non-hydrogen) atoms. The highest BCUT2D eigenvalue weighted by molar-refractivity contribution is 9.10. The molecular formula is C25H19BrN2O4. The number of benzene rings is 3. The van der Waals surface area contributed by atoms with Crippen LogP contribution >= 0.6 is 15.9 Å². The minimum atomic E-state index is -1.07. The number of carboxylic acids is 1. The van der Waals surface area contributed by atoms with Gasteiger partial charge in [0.25, 0.3) is 5.91 Å². The minimum Gasteiger partial charge on any atom is -0.488 e. The highest BCUT2D eigenvalue weighted by atomic mass is 79.9. The van der Waals surface area contributed by atoms with E-state index in [2.05, 4.69) is 21.0 Å². The maximum atomic E-state index is 13.1. The number of nitrogens with zero attached hydrogens (tertiary/aromatic N) is 2. The van der Waals surface area contributed by atoms with Crippen molar-refractivity contribution >= 4 is 45.3 Å². The summed E-state index contributed by atoms with van der Waals surface area (Å²) >= 11 is 3.48. The van der Waals surface area contributed by atoms with Crippen molar-refractivity contribution in [3.8, 4) is 5.75 Å². The van der Waals surface area contributed by atoms with E-state index in [1.54, 1.807) is 25.1 Å². The Hall–Kier alpha value is -3.71. The van der Waals surface area contributed by atoms with Crippen molar-refractivity contribution in [1.82, 2.24) is 0 Å². The molecular weight excluding hydrogens is 472 g/mol. The number of anilines is 1. The molecule has 4 rings (SSSR count). The Morgan fingerprint density at radius 2 is 1.88 bits per heavy atom. The van der Waals surface area contributed by atoms with Gasteiger partial charge in [-0.2, -0.15) is 10.1 Å². The molecule has 0 bridgehead atoms. The number of carbonyl (C=O) groups is 2. The number of carboxylic acid groups (broad SMARTS) is 1. The van der Waals surface area contributed by atoms with Crippen LogP contribution in [-0.4, -0.2) is 22.7 Å². The lowest BCUT2D eigenvalue weighted by Crippen LogP contribution is -2.21. The predicted octanol–water partition coefficient (Wildman–Crippen LogP) is 5.53. The van der Waals surface area contributed by atoms with Gasteiger partial charge in [-0.3, -0.25) is 4.79 Å². The van der Waals surface area contributed by atoms with Crippen molar-refractivity contribution in [2.75, 3.05) is 5.01 Å². The van der Waals surface area contributed by atoms with Crippen LogP contribution in [0.3, 0.4) is 0 Å². The van der Waals surface area contributed by atoms with E-state index in [9.17, 15) is 14.7 Å². The fraction of sp³-hybridized carbons (Fsp3) is 0.0800. The number of amides is 1. The van der Waals surface area contributed by atoms with E-state index in [-0.39, 0.29) is 11.5 Å². The third-order valence-corrected chi connectivity index (χ3v) is 5.40. The van der Waals surface area contributed by atoms with Gasteiger partial charge in [0.05, 0.1) is 22.5 Å². The van der Waals surface area contributed by atoms with Crippen molar-refractivity contribution in [1.29, 1.82) is 0 Å². The van der Waals surface area contributed by atoms with Gasteiger partial charge in [0.2, 0.25) is 0 Å². The fourth-order valence-electron chi connectivity index (χ4n) is 3.28. The largest absolute Gasteiger partial charge is 0.488 e. The molecule has 1 aliphatic rings. The first-order chi connectivity index (χ1) is 15.4. The Bertz CT molecular complexity index is 1250. The van der Waals surface area contributed by atoms with E-state index in [4.69, 9.17) is 4.74 Å². The van der Waals surface area contributed by atoms with Crippen molar-refractivity contribution in [3.63, 3.8) is 0 Å². The third kappa shape index (κ3) is 4.63. The Labute approximate surface area is 193 Å². The number of rotatable bonds is 6. The van der Waals surface area contributed by atoms with E-state index in [1.807, 2.05) is 48.5 Å². The van der Waals surface area contributed by atoms with Gasteiger partial charge >= 0.3 is 5.97 Å². The molecule has 6 nitrogen and oxygen atoms in total. The van der Waals surface area contributed by atoms with Crippen LogP contribution in [0.5, 0.6) is 5.75 Å². The number of aromatic carboxylic acids is 1. The second kappa shape index (κ2) is 9.20. The fourth-order valence-corrected chi connectivity index (χ4v) is 3.66. The first-order valence-electron chi connectivity index (χ1n) is 9.84. The summed E-state index contributed by atoms with van der Waals surface area (Å²) in [5, 5.41) is 14.8. The second-order valence-corrected chi connectivity index (χ2v) is 8.09. The first kappa shape index (κ1) is 21.5. The van der Waals surface area contributed by atoms with E-state index in [0.717, 1.165) is 15.6 Å². The zero-order chi connectivity index (χ0) is 22.7. The summed E-state index contributed by atoms with van der Waals surface area (Å²) in [6.07, 6.45) is 1.74. The van der Waals surface area contributed by atoms with Crippen LogP contribution in [-0.2, 0) is 11.4 Å². The van der Waals surface area contributed by atoms with Gasteiger partial charge in [0.15, 0.2) is 0 Å². The molecule has 0 saturated heterocycles. The van der Waals surface area contributed by atoms with E-state index < -0.39 is 5.97 Å². The molecule has 0 radical (unpaired) electrons. The van der Waals surface area contributed by atoms with E-state index >= 15 is 0 Å². The Kier molecular flexibility index (Phi) is 6.18. The Balaban J connectivity index is 1.63. The normalized spacial score (nSPS) is 14.6. The zero-order valence-corrected chi connectivity index (χ0v) is 18.7. The summed E-state index contributed by atoms with van der Waals surface area (Å²) in [4.78, 5) is 24.4. The van der Waals surface area contributed by atoms with Gasteiger partial charge in [-0.1, -0.05) is 52.3 Å². The van der Waals surface area contributed by atoms with Crippen LogP contribution < -0.4 is 9.75 Å². The smallest absolute Gasteiger partial charge is 0.335 e. The molecule has 1 N–H and O–H groups in total. The number of hydrazone groups is 1. The molecule has 160 valence electrons. The van der Waals surface area contributed by atoms with Crippen LogP contribution in [0, 0.1) is 0 Å². The molecule has 3 aromatic rings. The van der Waals surface area contributed by atoms with Gasteiger partial charge in [-0.15, -0.1) is 0 Å². The van der Waals surface area contributed by atoms with Crippen molar-refractivity contribution in [3.05, 3.63) is 99.5 Å². The monoisotopic (exact) mass is 490 g/mol. The first-order valence-corrected chi connectivity index (χ1v) is 10.6. The minimum absolute atomic E-state index is 0.0872. The predicted molar refractivity (Wildman–Crippen MR) is 127 cm³/mol. The van der Waals surface area contributed by atoms with Crippen LogP contribution in [0.1, 0.15) is 28.4 Å². The molecule has 0 fully saturated rings. The second-order valence-electron chi connectivity index (χ2n) is 7.17. The number of ether oxygens (including phenoxy) is 1. The molecule has 0 saturated carbocycles. The molecule has 1 aliphatic heterocycles. The van der Waals surface area contributed by atoms with Gasteiger partial charge in [0.1, 0.15) is 12.4 Å².